The van der Waals surface area contributed by atoms with Crippen LogP contribution in [0.2, 0.25) is 0 Å². The molecule has 8 heteroatoms. The van der Waals surface area contributed by atoms with Gasteiger partial charge in [0.15, 0.2) is 6.10 Å². The molecule has 0 radical (unpaired) electrons. The van der Waals surface area contributed by atoms with Gasteiger partial charge in [-0.15, -0.1) is 0 Å². The number of esters is 1. The Morgan fingerprint density at radius 1 is 1.32 bits per heavy atom. The van der Waals surface area contributed by atoms with E-state index in [1.165, 1.54) is 6.92 Å². The first-order valence-corrected chi connectivity index (χ1v) is 7.81. The molecule has 0 spiro atoms. The summed E-state index contributed by atoms with van der Waals surface area (Å²) in [5, 5.41) is 9.56. The van der Waals surface area contributed by atoms with Crippen LogP contribution in [0.4, 0.5) is 0 Å². The summed E-state index contributed by atoms with van der Waals surface area (Å²) in [6.07, 6.45) is -1.58. The molecule has 0 bridgehead atoms. The molecule has 0 aliphatic carbocycles. The van der Waals surface area contributed by atoms with Gasteiger partial charge in [-0.25, -0.2) is 17.9 Å². The molecule has 0 aliphatic heterocycles. The van der Waals surface area contributed by atoms with Gasteiger partial charge in [-0.2, -0.15) is 0 Å². The van der Waals surface area contributed by atoms with Crippen molar-refractivity contribution in [3.05, 3.63) is 0 Å². The molecule has 0 aromatic heterocycles. The third-order valence-corrected chi connectivity index (χ3v) is 3.61. The SMILES string of the molecule is CCOC(=O)C(O)C(C)NS(=O)(=O)CCOC(C)C. The van der Waals surface area contributed by atoms with Gasteiger partial charge < -0.3 is 14.6 Å². The Morgan fingerprint density at radius 2 is 1.89 bits per heavy atom. The number of aliphatic hydroxyl groups excluding tert-OH is 1. The number of ether oxygens (including phenoxy) is 2. The van der Waals surface area contributed by atoms with Crippen molar-refractivity contribution in [1.82, 2.24) is 4.72 Å². The number of carbonyl (C=O) groups excluding carboxylic acids is 1. The second-order valence-electron chi connectivity index (χ2n) is 4.34. The summed E-state index contributed by atoms with van der Waals surface area (Å²) in [7, 11) is -3.61. The van der Waals surface area contributed by atoms with Crippen LogP contribution >= 0.6 is 0 Å². The molecule has 0 fully saturated rings. The molecule has 0 aromatic carbocycles. The van der Waals surface area contributed by atoms with Crippen LogP contribution in [0.15, 0.2) is 0 Å². The smallest absolute Gasteiger partial charge is 0.336 e. The molecule has 7 nitrogen and oxygen atoms in total. The minimum atomic E-state index is -3.61. The largest absolute Gasteiger partial charge is 0.464 e. The highest BCUT2D eigenvalue weighted by atomic mass is 32.2. The Hall–Kier alpha value is -0.700. The van der Waals surface area contributed by atoms with Crippen molar-refractivity contribution in [2.75, 3.05) is 19.0 Å². The van der Waals surface area contributed by atoms with Crippen LogP contribution in [0.1, 0.15) is 27.7 Å². The molecule has 0 heterocycles. The van der Waals surface area contributed by atoms with Crippen LogP contribution in [-0.4, -0.2) is 56.7 Å². The second-order valence-corrected chi connectivity index (χ2v) is 6.22. The summed E-state index contributed by atoms with van der Waals surface area (Å²) in [5.74, 6) is -1.08. The second kappa shape index (κ2) is 8.47. The molecule has 2 unspecified atom stereocenters. The Bertz CT molecular complexity index is 367. The summed E-state index contributed by atoms with van der Waals surface area (Å²) in [4.78, 5) is 11.2. The maximum atomic E-state index is 11.7. The van der Waals surface area contributed by atoms with E-state index in [0.29, 0.717) is 0 Å². The first kappa shape index (κ1) is 18.3. The average Bonchev–Trinajstić information content (AvgIpc) is 2.26. The summed E-state index contributed by atoms with van der Waals surface area (Å²) in [6.45, 7) is 6.76. The Morgan fingerprint density at radius 3 is 2.37 bits per heavy atom. The highest BCUT2D eigenvalue weighted by Gasteiger charge is 2.27. The first-order chi connectivity index (χ1) is 8.69. The summed E-state index contributed by atoms with van der Waals surface area (Å²) in [5.41, 5.74) is 0. The van der Waals surface area contributed by atoms with Gasteiger partial charge in [0.05, 0.1) is 31.1 Å². The van der Waals surface area contributed by atoms with Crippen molar-refractivity contribution in [3.8, 4) is 0 Å². The molecular weight excluding hydrogens is 274 g/mol. The standard InChI is InChI=1S/C11H23NO6S/c1-5-17-11(14)10(13)9(4)12-19(15,16)7-6-18-8(2)3/h8-10,12-13H,5-7H2,1-4H3. The summed E-state index contributed by atoms with van der Waals surface area (Å²) in [6, 6.07) is -0.955. The van der Waals surface area contributed by atoms with Gasteiger partial charge in [0.1, 0.15) is 0 Å². The molecule has 0 rings (SSSR count). The minimum absolute atomic E-state index is 0.0508. The Kier molecular flexibility index (Phi) is 8.15. The molecule has 2 atom stereocenters. The lowest BCUT2D eigenvalue weighted by Crippen LogP contribution is -2.46. The van der Waals surface area contributed by atoms with Crippen molar-refractivity contribution in [2.24, 2.45) is 0 Å². The highest BCUT2D eigenvalue weighted by molar-refractivity contribution is 7.89. The van der Waals surface area contributed by atoms with E-state index in [0.717, 1.165) is 0 Å². The van der Waals surface area contributed by atoms with Crippen LogP contribution < -0.4 is 4.72 Å². The van der Waals surface area contributed by atoms with E-state index in [1.807, 2.05) is 0 Å². The fraction of sp³-hybridized carbons (Fsp3) is 0.909. The number of nitrogens with one attached hydrogen (secondary N) is 1. The van der Waals surface area contributed by atoms with Gasteiger partial charge in [-0.3, -0.25) is 0 Å². The average molecular weight is 297 g/mol. The molecule has 0 saturated carbocycles. The van der Waals surface area contributed by atoms with Crippen molar-refractivity contribution in [3.63, 3.8) is 0 Å². The maximum absolute atomic E-state index is 11.7. The topological polar surface area (TPSA) is 102 Å². The lowest BCUT2D eigenvalue weighted by atomic mass is 10.2. The Labute approximate surface area is 114 Å². The van der Waals surface area contributed by atoms with Gasteiger partial charge in [-0.1, -0.05) is 0 Å². The van der Waals surface area contributed by atoms with Crippen LogP contribution in [0, 0.1) is 0 Å². The van der Waals surface area contributed by atoms with Gasteiger partial charge in [0.2, 0.25) is 10.0 Å². The first-order valence-electron chi connectivity index (χ1n) is 6.16. The Balaban J connectivity index is 4.29. The third kappa shape index (κ3) is 8.14. The van der Waals surface area contributed by atoms with Crippen molar-refractivity contribution < 1.29 is 27.8 Å². The molecule has 0 aromatic rings. The number of sulfonamides is 1. The zero-order valence-corrected chi connectivity index (χ0v) is 12.6. The van der Waals surface area contributed by atoms with Gasteiger partial charge in [0.25, 0.3) is 0 Å². The van der Waals surface area contributed by atoms with E-state index < -0.39 is 28.1 Å². The molecule has 0 amide bonds. The lowest BCUT2D eigenvalue weighted by molar-refractivity contribution is -0.154. The van der Waals surface area contributed by atoms with E-state index in [-0.39, 0.29) is 25.1 Å². The number of hydrogen-bond acceptors (Lipinski definition) is 6. The molecule has 0 saturated heterocycles. The van der Waals surface area contributed by atoms with Gasteiger partial charge in [0, 0.05) is 0 Å². The van der Waals surface area contributed by atoms with Gasteiger partial charge >= 0.3 is 5.97 Å². The van der Waals surface area contributed by atoms with Crippen molar-refractivity contribution in [2.45, 2.75) is 45.9 Å². The summed E-state index contributed by atoms with van der Waals surface area (Å²) >= 11 is 0. The normalized spacial score (nSPS) is 15.3. The minimum Gasteiger partial charge on any atom is -0.464 e. The van der Waals surface area contributed by atoms with Crippen LogP contribution in [-0.2, 0) is 24.3 Å². The molecule has 2 N–H and O–H groups in total. The van der Waals surface area contributed by atoms with Gasteiger partial charge in [-0.05, 0) is 27.7 Å². The number of hydrogen-bond donors (Lipinski definition) is 2. The van der Waals surface area contributed by atoms with Crippen LogP contribution in [0.3, 0.4) is 0 Å². The molecule has 114 valence electrons. The predicted octanol–water partition coefficient (Wildman–Crippen LogP) is -0.357. The number of carbonyl (C=O) groups is 1. The number of aliphatic hydroxyl groups is 1. The monoisotopic (exact) mass is 297 g/mol. The zero-order valence-electron chi connectivity index (χ0n) is 11.8. The fourth-order valence-electron chi connectivity index (χ4n) is 1.23. The van der Waals surface area contributed by atoms with Crippen molar-refractivity contribution >= 4 is 16.0 Å². The molecule has 0 aliphatic rings. The maximum Gasteiger partial charge on any atom is 0.336 e. The highest BCUT2D eigenvalue weighted by Crippen LogP contribution is 2.00. The van der Waals surface area contributed by atoms with Crippen LogP contribution in [0.5, 0.6) is 0 Å². The van der Waals surface area contributed by atoms with Crippen molar-refractivity contribution in [1.29, 1.82) is 0 Å². The van der Waals surface area contributed by atoms with E-state index in [9.17, 15) is 18.3 Å². The fourth-order valence-corrected chi connectivity index (χ4v) is 2.36. The molecular formula is C11H23NO6S. The van der Waals surface area contributed by atoms with E-state index in [4.69, 9.17) is 4.74 Å². The third-order valence-electron chi connectivity index (χ3n) is 2.17. The lowest BCUT2D eigenvalue weighted by Gasteiger charge is -2.19. The molecule has 19 heavy (non-hydrogen) atoms. The van der Waals surface area contributed by atoms with E-state index in [2.05, 4.69) is 9.46 Å². The zero-order chi connectivity index (χ0) is 15.1. The quantitative estimate of drug-likeness (QED) is 0.564. The van der Waals surface area contributed by atoms with E-state index in [1.54, 1.807) is 20.8 Å². The van der Waals surface area contributed by atoms with Crippen LogP contribution in [0.25, 0.3) is 0 Å². The number of rotatable bonds is 9. The van der Waals surface area contributed by atoms with E-state index >= 15 is 0 Å². The summed E-state index contributed by atoms with van der Waals surface area (Å²) < 4.78 is 35.3. The predicted molar refractivity (Wildman–Crippen MR) is 70.1 cm³/mol.